The maximum absolute atomic E-state index is 12.4. The highest BCUT2D eigenvalue weighted by Crippen LogP contribution is 2.21. The molecule has 3 nitrogen and oxygen atoms in total. The lowest BCUT2D eigenvalue weighted by atomic mass is 10.1. The van der Waals surface area contributed by atoms with Gasteiger partial charge in [-0.1, -0.05) is 44.7 Å². The summed E-state index contributed by atoms with van der Waals surface area (Å²) in [5.74, 6) is -0.0555. The summed E-state index contributed by atoms with van der Waals surface area (Å²) in [6, 6.07) is 5.59. The van der Waals surface area contributed by atoms with E-state index in [1.165, 1.54) is 12.8 Å². The second-order valence-corrected chi connectivity index (χ2v) is 5.92. The molecule has 1 atom stereocenters. The highest BCUT2D eigenvalue weighted by atomic mass is 35.5. The fourth-order valence-electron chi connectivity index (χ4n) is 2.19. The number of amides is 1. The Kier molecular flexibility index (Phi) is 8.21. The van der Waals surface area contributed by atoms with Crippen molar-refractivity contribution < 1.29 is 4.79 Å². The van der Waals surface area contributed by atoms with Crippen LogP contribution in [0.2, 0.25) is 5.02 Å². The molecule has 1 amide bonds. The van der Waals surface area contributed by atoms with Gasteiger partial charge in [0.15, 0.2) is 0 Å². The summed E-state index contributed by atoms with van der Waals surface area (Å²) < 4.78 is 0. The molecule has 0 aliphatic heterocycles. The molecule has 4 heteroatoms. The summed E-state index contributed by atoms with van der Waals surface area (Å²) in [6.45, 7) is 7.17. The number of unbranched alkanes of at least 4 members (excludes halogenated alkanes) is 2. The van der Waals surface area contributed by atoms with E-state index in [9.17, 15) is 4.79 Å². The van der Waals surface area contributed by atoms with Crippen LogP contribution in [0, 0.1) is 0 Å². The van der Waals surface area contributed by atoms with Gasteiger partial charge in [0.05, 0.1) is 5.56 Å². The first-order valence-corrected chi connectivity index (χ1v) is 8.30. The van der Waals surface area contributed by atoms with E-state index in [1.54, 1.807) is 12.1 Å². The predicted octanol–water partition coefficient (Wildman–Crippen LogP) is 4.86. The number of rotatable bonds is 9. The van der Waals surface area contributed by atoms with Crippen LogP contribution in [0.1, 0.15) is 63.2 Å². The minimum Gasteiger partial charge on any atom is -0.384 e. The fourth-order valence-corrected chi connectivity index (χ4v) is 2.36. The van der Waals surface area contributed by atoms with Crippen molar-refractivity contribution in [2.45, 2.75) is 58.9 Å². The number of halogens is 1. The standard InChI is InChI=1S/C17H27ClN2O/c1-4-6-7-8-13(3)20-17(21)15-12-14(18)9-10-16(15)19-11-5-2/h9-10,12-13,19H,4-8,11H2,1-3H3,(H,20,21). The molecule has 1 aromatic carbocycles. The van der Waals surface area contributed by atoms with Crippen LogP contribution in [0.4, 0.5) is 5.69 Å². The smallest absolute Gasteiger partial charge is 0.253 e. The van der Waals surface area contributed by atoms with Crippen LogP contribution in [0.25, 0.3) is 0 Å². The lowest BCUT2D eigenvalue weighted by Crippen LogP contribution is -2.33. The molecule has 2 N–H and O–H groups in total. The van der Waals surface area contributed by atoms with Crippen LogP contribution >= 0.6 is 11.6 Å². The molecule has 0 heterocycles. The molecule has 1 rings (SSSR count). The number of nitrogens with one attached hydrogen (secondary N) is 2. The summed E-state index contributed by atoms with van der Waals surface area (Å²) in [6.07, 6.45) is 5.57. The van der Waals surface area contributed by atoms with Gasteiger partial charge in [0.2, 0.25) is 0 Å². The van der Waals surface area contributed by atoms with Crippen molar-refractivity contribution in [2.75, 3.05) is 11.9 Å². The molecule has 0 aliphatic carbocycles. The first-order valence-electron chi connectivity index (χ1n) is 7.92. The van der Waals surface area contributed by atoms with E-state index >= 15 is 0 Å². The first kappa shape index (κ1) is 17.8. The summed E-state index contributed by atoms with van der Waals surface area (Å²) in [5, 5.41) is 6.92. The van der Waals surface area contributed by atoms with Gasteiger partial charge in [0, 0.05) is 23.3 Å². The third kappa shape index (κ3) is 6.38. The van der Waals surface area contributed by atoms with E-state index in [0.29, 0.717) is 10.6 Å². The predicted molar refractivity (Wildman–Crippen MR) is 91.3 cm³/mol. The number of carbonyl (C=O) groups excluding carboxylic acids is 1. The largest absolute Gasteiger partial charge is 0.384 e. The fraction of sp³-hybridized carbons (Fsp3) is 0.588. The molecule has 0 aliphatic rings. The normalized spacial score (nSPS) is 12.0. The summed E-state index contributed by atoms with van der Waals surface area (Å²) in [5.41, 5.74) is 1.47. The number of carbonyl (C=O) groups is 1. The zero-order valence-corrected chi connectivity index (χ0v) is 14.1. The van der Waals surface area contributed by atoms with Gasteiger partial charge in [-0.05, 0) is 38.0 Å². The van der Waals surface area contributed by atoms with Gasteiger partial charge in [0.25, 0.3) is 5.91 Å². The van der Waals surface area contributed by atoms with Gasteiger partial charge in [-0.25, -0.2) is 0 Å². The Morgan fingerprint density at radius 2 is 2.00 bits per heavy atom. The highest BCUT2D eigenvalue weighted by Gasteiger charge is 2.14. The monoisotopic (exact) mass is 310 g/mol. The van der Waals surface area contributed by atoms with E-state index in [4.69, 9.17) is 11.6 Å². The van der Waals surface area contributed by atoms with E-state index in [0.717, 1.165) is 31.5 Å². The van der Waals surface area contributed by atoms with Crippen molar-refractivity contribution in [1.29, 1.82) is 0 Å². The van der Waals surface area contributed by atoms with Crippen LogP contribution < -0.4 is 10.6 Å². The second kappa shape index (κ2) is 9.67. The van der Waals surface area contributed by atoms with E-state index in [1.807, 2.05) is 6.07 Å². The van der Waals surface area contributed by atoms with Gasteiger partial charge >= 0.3 is 0 Å². The molecule has 0 spiro atoms. The van der Waals surface area contributed by atoms with Gasteiger partial charge in [-0.3, -0.25) is 4.79 Å². The van der Waals surface area contributed by atoms with Crippen LogP contribution in [-0.4, -0.2) is 18.5 Å². The maximum Gasteiger partial charge on any atom is 0.253 e. The lowest BCUT2D eigenvalue weighted by Gasteiger charge is -2.16. The van der Waals surface area contributed by atoms with Crippen molar-refractivity contribution in [2.24, 2.45) is 0 Å². The molecule has 1 unspecified atom stereocenters. The van der Waals surface area contributed by atoms with Crippen LogP contribution in [0.5, 0.6) is 0 Å². The topological polar surface area (TPSA) is 41.1 Å². The number of hydrogen-bond acceptors (Lipinski definition) is 2. The Morgan fingerprint density at radius 3 is 2.67 bits per heavy atom. The quantitative estimate of drug-likeness (QED) is 0.639. The van der Waals surface area contributed by atoms with Crippen LogP contribution in [0.3, 0.4) is 0 Å². The van der Waals surface area contributed by atoms with Crippen LogP contribution in [0.15, 0.2) is 18.2 Å². The van der Waals surface area contributed by atoms with E-state index in [2.05, 4.69) is 31.4 Å². The van der Waals surface area contributed by atoms with Gasteiger partial charge in [-0.2, -0.15) is 0 Å². The Bertz CT molecular complexity index is 448. The van der Waals surface area contributed by atoms with Crippen molar-refractivity contribution in [3.8, 4) is 0 Å². The molecule has 118 valence electrons. The van der Waals surface area contributed by atoms with Crippen molar-refractivity contribution in [3.63, 3.8) is 0 Å². The van der Waals surface area contributed by atoms with Gasteiger partial charge in [-0.15, -0.1) is 0 Å². The van der Waals surface area contributed by atoms with Crippen molar-refractivity contribution >= 4 is 23.2 Å². The molecule has 0 aromatic heterocycles. The molecule has 0 saturated heterocycles. The highest BCUT2D eigenvalue weighted by molar-refractivity contribution is 6.31. The Morgan fingerprint density at radius 1 is 1.24 bits per heavy atom. The zero-order valence-electron chi connectivity index (χ0n) is 13.3. The third-order valence-corrected chi connectivity index (χ3v) is 3.64. The average Bonchev–Trinajstić information content (AvgIpc) is 2.46. The summed E-state index contributed by atoms with van der Waals surface area (Å²) >= 11 is 6.03. The summed E-state index contributed by atoms with van der Waals surface area (Å²) in [7, 11) is 0. The molecule has 0 bridgehead atoms. The number of hydrogen-bond donors (Lipinski definition) is 2. The minimum atomic E-state index is -0.0555. The molecule has 0 saturated carbocycles. The molecule has 21 heavy (non-hydrogen) atoms. The third-order valence-electron chi connectivity index (χ3n) is 3.41. The Labute approximate surface area is 133 Å². The Balaban J connectivity index is 2.69. The first-order chi connectivity index (χ1) is 10.1. The number of benzene rings is 1. The maximum atomic E-state index is 12.4. The lowest BCUT2D eigenvalue weighted by molar-refractivity contribution is 0.0938. The SMILES string of the molecule is CCCCCC(C)NC(=O)c1cc(Cl)ccc1NCCC. The second-order valence-electron chi connectivity index (χ2n) is 5.49. The zero-order chi connectivity index (χ0) is 15.7. The van der Waals surface area contributed by atoms with Crippen molar-refractivity contribution in [3.05, 3.63) is 28.8 Å². The van der Waals surface area contributed by atoms with E-state index < -0.39 is 0 Å². The molecule has 0 fully saturated rings. The van der Waals surface area contributed by atoms with Gasteiger partial charge in [0.1, 0.15) is 0 Å². The Hall–Kier alpha value is -1.22. The number of anilines is 1. The molecular formula is C17H27ClN2O. The van der Waals surface area contributed by atoms with Crippen molar-refractivity contribution in [1.82, 2.24) is 5.32 Å². The molecule has 1 aromatic rings. The van der Waals surface area contributed by atoms with E-state index in [-0.39, 0.29) is 11.9 Å². The van der Waals surface area contributed by atoms with Gasteiger partial charge < -0.3 is 10.6 Å². The minimum absolute atomic E-state index is 0.0555. The molecular weight excluding hydrogens is 284 g/mol. The average molecular weight is 311 g/mol. The summed E-state index contributed by atoms with van der Waals surface area (Å²) in [4.78, 5) is 12.4. The van der Waals surface area contributed by atoms with Crippen LogP contribution in [-0.2, 0) is 0 Å². The molecule has 0 radical (unpaired) electrons.